The Balaban J connectivity index is 0. The quantitative estimate of drug-likeness (QED) is 0.864. The van der Waals surface area contributed by atoms with Crippen LogP contribution in [0.25, 0.3) is 0 Å². The molecule has 20 heavy (non-hydrogen) atoms. The third-order valence-corrected chi connectivity index (χ3v) is 3.92. The summed E-state index contributed by atoms with van der Waals surface area (Å²) in [6, 6.07) is 0. The van der Waals surface area contributed by atoms with Crippen molar-refractivity contribution in [2.24, 2.45) is 11.1 Å². The highest BCUT2D eigenvalue weighted by molar-refractivity contribution is 7.09. The molecule has 0 fully saturated rings. The Hall–Kier alpha value is -0.360. The number of hydrogen-bond acceptors (Lipinski definition) is 4. The number of carbonyl (C=O) groups is 1. The fourth-order valence-corrected chi connectivity index (χ4v) is 2.42. The van der Waals surface area contributed by atoms with Crippen LogP contribution in [0, 0.1) is 5.41 Å². The van der Waals surface area contributed by atoms with Crippen molar-refractivity contribution in [2.45, 2.75) is 33.6 Å². The molecule has 1 aromatic heterocycles. The van der Waals surface area contributed by atoms with E-state index in [0.717, 1.165) is 17.1 Å². The number of rotatable bonds is 6. The summed E-state index contributed by atoms with van der Waals surface area (Å²) in [5, 5.41) is 3.06. The first-order valence-electron chi connectivity index (χ1n) is 6.25. The number of halogens is 2. The van der Waals surface area contributed by atoms with Gasteiger partial charge in [0.15, 0.2) is 0 Å². The van der Waals surface area contributed by atoms with Crippen molar-refractivity contribution in [3.05, 3.63) is 16.1 Å². The van der Waals surface area contributed by atoms with Gasteiger partial charge in [-0.1, -0.05) is 20.8 Å². The average Bonchev–Trinajstić information content (AvgIpc) is 2.76. The zero-order valence-corrected chi connectivity index (χ0v) is 15.0. The molecule has 0 aromatic carbocycles. The molecule has 0 aliphatic heterocycles. The number of thiazole rings is 1. The van der Waals surface area contributed by atoms with Gasteiger partial charge in [0, 0.05) is 19.0 Å². The second kappa shape index (κ2) is 9.55. The van der Waals surface area contributed by atoms with Crippen LogP contribution in [-0.2, 0) is 17.6 Å². The zero-order chi connectivity index (χ0) is 13.8. The van der Waals surface area contributed by atoms with Gasteiger partial charge in [-0.25, -0.2) is 4.98 Å². The second-order valence-corrected chi connectivity index (χ2v) is 6.32. The van der Waals surface area contributed by atoms with Crippen LogP contribution < -0.4 is 5.73 Å². The fraction of sp³-hybridized carbons (Fsp3) is 0.692. The topological polar surface area (TPSA) is 59.2 Å². The standard InChI is InChI=1S/C13H23N3OS.2ClH/c1-5-11-15-10(7-18-11)6-12(17)16(4)9-13(2,3)8-14;;/h7H,5-6,8-9,14H2,1-4H3;2*1H. The molecule has 2 N–H and O–H groups in total. The number of aromatic nitrogens is 1. The molecule has 1 amide bonds. The minimum atomic E-state index is -0.0406. The monoisotopic (exact) mass is 341 g/mol. The summed E-state index contributed by atoms with van der Waals surface area (Å²) in [6.07, 6.45) is 1.31. The lowest BCUT2D eigenvalue weighted by atomic mass is 9.93. The normalized spacial score (nSPS) is 10.4. The summed E-state index contributed by atoms with van der Waals surface area (Å²) in [4.78, 5) is 18.2. The van der Waals surface area contributed by atoms with Gasteiger partial charge in [0.1, 0.15) is 0 Å². The van der Waals surface area contributed by atoms with Gasteiger partial charge >= 0.3 is 0 Å². The van der Waals surface area contributed by atoms with Crippen LogP contribution in [-0.4, -0.2) is 35.9 Å². The van der Waals surface area contributed by atoms with E-state index in [1.165, 1.54) is 0 Å². The third kappa shape index (κ3) is 6.88. The number of nitrogens with two attached hydrogens (primary N) is 1. The summed E-state index contributed by atoms with van der Waals surface area (Å²) in [5.41, 5.74) is 6.51. The molecule has 0 saturated carbocycles. The van der Waals surface area contributed by atoms with E-state index in [-0.39, 0.29) is 36.1 Å². The number of carbonyl (C=O) groups excluding carboxylic acids is 1. The molecule has 0 bridgehead atoms. The molecule has 1 aromatic rings. The highest BCUT2D eigenvalue weighted by Gasteiger charge is 2.21. The van der Waals surface area contributed by atoms with Crippen molar-refractivity contribution >= 4 is 42.1 Å². The largest absolute Gasteiger partial charge is 0.345 e. The molecule has 0 atom stereocenters. The van der Waals surface area contributed by atoms with Gasteiger partial charge < -0.3 is 10.6 Å². The Morgan fingerprint density at radius 2 is 2.05 bits per heavy atom. The fourth-order valence-electron chi connectivity index (χ4n) is 1.68. The van der Waals surface area contributed by atoms with E-state index in [1.807, 2.05) is 12.4 Å². The molecule has 7 heteroatoms. The Kier molecular flexibility index (Phi) is 10.5. The van der Waals surface area contributed by atoms with Gasteiger partial charge in [0.05, 0.1) is 17.1 Å². The predicted octanol–water partition coefficient (Wildman–Crippen LogP) is 2.53. The Labute approximate surface area is 138 Å². The van der Waals surface area contributed by atoms with Gasteiger partial charge in [-0.3, -0.25) is 4.79 Å². The van der Waals surface area contributed by atoms with E-state index in [4.69, 9.17) is 5.73 Å². The first-order valence-corrected chi connectivity index (χ1v) is 7.13. The molecule has 1 rings (SSSR count). The van der Waals surface area contributed by atoms with Gasteiger partial charge in [0.2, 0.25) is 5.91 Å². The van der Waals surface area contributed by atoms with E-state index in [9.17, 15) is 4.79 Å². The van der Waals surface area contributed by atoms with Crippen molar-refractivity contribution in [1.29, 1.82) is 0 Å². The summed E-state index contributed by atoms with van der Waals surface area (Å²) in [5.74, 6) is 0.101. The highest BCUT2D eigenvalue weighted by Crippen LogP contribution is 2.15. The number of hydrogen-bond donors (Lipinski definition) is 1. The van der Waals surface area contributed by atoms with Gasteiger partial charge in [-0.15, -0.1) is 36.2 Å². The average molecular weight is 342 g/mol. The molecule has 0 saturated heterocycles. The van der Waals surface area contributed by atoms with Crippen LogP contribution in [0.4, 0.5) is 0 Å². The van der Waals surface area contributed by atoms with Crippen molar-refractivity contribution < 1.29 is 4.79 Å². The smallest absolute Gasteiger partial charge is 0.228 e. The van der Waals surface area contributed by atoms with E-state index < -0.39 is 0 Å². The number of likely N-dealkylation sites (N-methyl/N-ethyl adjacent to an activating group) is 1. The minimum Gasteiger partial charge on any atom is -0.345 e. The number of aryl methyl sites for hydroxylation is 1. The molecule has 4 nitrogen and oxygen atoms in total. The maximum absolute atomic E-state index is 12.1. The zero-order valence-electron chi connectivity index (χ0n) is 12.5. The summed E-state index contributed by atoms with van der Waals surface area (Å²) in [7, 11) is 1.83. The number of nitrogens with zero attached hydrogens (tertiary/aromatic N) is 2. The maximum Gasteiger partial charge on any atom is 0.228 e. The molecular weight excluding hydrogens is 317 g/mol. The minimum absolute atomic E-state index is 0. The van der Waals surface area contributed by atoms with E-state index >= 15 is 0 Å². The molecule has 1 heterocycles. The lowest BCUT2D eigenvalue weighted by molar-refractivity contribution is -0.130. The van der Waals surface area contributed by atoms with Crippen LogP contribution in [0.2, 0.25) is 0 Å². The van der Waals surface area contributed by atoms with Crippen molar-refractivity contribution in [3.8, 4) is 0 Å². The van der Waals surface area contributed by atoms with Crippen LogP contribution in [0.15, 0.2) is 5.38 Å². The first-order chi connectivity index (χ1) is 8.38. The molecular formula is C13H25Cl2N3OS. The Morgan fingerprint density at radius 1 is 1.45 bits per heavy atom. The lowest BCUT2D eigenvalue weighted by Gasteiger charge is -2.28. The first kappa shape index (κ1) is 21.9. The Bertz CT molecular complexity index is 410. The molecule has 118 valence electrons. The number of amides is 1. The van der Waals surface area contributed by atoms with Crippen molar-refractivity contribution in [3.63, 3.8) is 0 Å². The summed E-state index contributed by atoms with van der Waals surface area (Å²) < 4.78 is 0. The molecule has 0 aliphatic carbocycles. The van der Waals surface area contributed by atoms with Crippen LogP contribution >= 0.6 is 36.2 Å². The highest BCUT2D eigenvalue weighted by atomic mass is 35.5. The lowest BCUT2D eigenvalue weighted by Crippen LogP contribution is -2.40. The SMILES string of the molecule is CCc1nc(CC(=O)N(C)CC(C)(C)CN)cs1.Cl.Cl. The summed E-state index contributed by atoms with van der Waals surface area (Å²) >= 11 is 1.62. The Morgan fingerprint density at radius 3 is 2.50 bits per heavy atom. The van der Waals surface area contributed by atoms with Gasteiger partial charge in [-0.2, -0.15) is 0 Å². The second-order valence-electron chi connectivity index (χ2n) is 5.38. The summed E-state index contributed by atoms with van der Waals surface area (Å²) in [6.45, 7) is 7.44. The van der Waals surface area contributed by atoms with Crippen molar-refractivity contribution in [2.75, 3.05) is 20.1 Å². The third-order valence-electron chi connectivity index (χ3n) is 2.88. The van der Waals surface area contributed by atoms with Crippen LogP contribution in [0.3, 0.4) is 0 Å². The maximum atomic E-state index is 12.1. The van der Waals surface area contributed by atoms with Gasteiger partial charge in [0.25, 0.3) is 0 Å². The van der Waals surface area contributed by atoms with Crippen LogP contribution in [0.1, 0.15) is 31.5 Å². The van der Waals surface area contributed by atoms with E-state index in [1.54, 1.807) is 16.2 Å². The van der Waals surface area contributed by atoms with Gasteiger partial charge in [-0.05, 0) is 18.4 Å². The van der Waals surface area contributed by atoms with E-state index in [2.05, 4.69) is 25.8 Å². The molecule has 0 aliphatic rings. The molecule has 0 unspecified atom stereocenters. The van der Waals surface area contributed by atoms with Crippen molar-refractivity contribution in [1.82, 2.24) is 9.88 Å². The predicted molar refractivity (Wildman–Crippen MR) is 90.2 cm³/mol. The molecule has 0 radical (unpaired) electrons. The molecule has 0 spiro atoms. The van der Waals surface area contributed by atoms with E-state index in [0.29, 0.717) is 19.5 Å². The van der Waals surface area contributed by atoms with Crippen LogP contribution in [0.5, 0.6) is 0 Å².